The molecule has 3 atom stereocenters. The SMILES string of the molecule is O=C(C1CC1(F)F)N1CC2CC(C1)N2. The maximum atomic E-state index is 12.6. The number of nitrogens with zero attached hydrogens (tertiary/aromatic N) is 1. The zero-order valence-corrected chi connectivity index (χ0v) is 7.67. The first kappa shape index (κ1) is 8.59. The van der Waals surface area contributed by atoms with E-state index in [1.54, 1.807) is 4.90 Å². The van der Waals surface area contributed by atoms with Crippen LogP contribution >= 0.6 is 0 Å². The maximum absolute atomic E-state index is 12.6. The first-order chi connectivity index (χ1) is 6.56. The highest BCUT2D eigenvalue weighted by Gasteiger charge is 2.62. The Labute approximate surface area is 80.4 Å². The van der Waals surface area contributed by atoms with Gasteiger partial charge in [0.15, 0.2) is 0 Å². The fraction of sp³-hybridized carbons (Fsp3) is 0.889. The lowest BCUT2D eigenvalue weighted by Gasteiger charge is -2.48. The number of hydrogen-bond donors (Lipinski definition) is 1. The lowest BCUT2D eigenvalue weighted by Crippen LogP contribution is -2.67. The van der Waals surface area contributed by atoms with E-state index in [0.29, 0.717) is 25.2 Å². The zero-order chi connectivity index (χ0) is 9.92. The normalized spacial score (nSPS) is 43.0. The third-order valence-corrected chi connectivity index (χ3v) is 3.36. The molecule has 3 heterocycles. The summed E-state index contributed by atoms with van der Waals surface area (Å²) in [7, 11) is 0. The van der Waals surface area contributed by atoms with E-state index in [0.717, 1.165) is 6.42 Å². The van der Waals surface area contributed by atoms with E-state index in [4.69, 9.17) is 0 Å². The van der Waals surface area contributed by atoms with Gasteiger partial charge in [-0.1, -0.05) is 0 Å². The van der Waals surface area contributed by atoms with Crippen LogP contribution in [0.3, 0.4) is 0 Å². The summed E-state index contributed by atoms with van der Waals surface area (Å²) >= 11 is 0. The molecule has 0 aromatic rings. The minimum Gasteiger partial charge on any atom is -0.339 e. The van der Waals surface area contributed by atoms with Crippen LogP contribution in [0.1, 0.15) is 12.8 Å². The highest BCUT2D eigenvalue weighted by atomic mass is 19.3. The van der Waals surface area contributed by atoms with Crippen LogP contribution in [0.4, 0.5) is 8.78 Å². The first-order valence-corrected chi connectivity index (χ1v) is 4.99. The van der Waals surface area contributed by atoms with E-state index in [-0.39, 0.29) is 12.3 Å². The number of piperazine rings is 1. The molecule has 3 aliphatic heterocycles. The Hall–Kier alpha value is -0.710. The second-order valence-electron chi connectivity index (χ2n) is 4.56. The molecule has 1 N–H and O–H groups in total. The Balaban J connectivity index is 1.64. The molecule has 0 aromatic heterocycles. The summed E-state index contributed by atoms with van der Waals surface area (Å²) in [5, 5.41) is 3.26. The van der Waals surface area contributed by atoms with Gasteiger partial charge in [0.1, 0.15) is 5.92 Å². The van der Waals surface area contributed by atoms with Gasteiger partial charge in [-0.15, -0.1) is 0 Å². The number of hydrogen-bond acceptors (Lipinski definition) is 2. The monoisotopic (exact) mass is 202 g/mol. The van der Waals surface area contributed by atoms with Gasteiger partial charge in [0.05, 0.1) is 0 Å². The minimum absolute atomic E-state index is 0.245. The number of fused-ring (bicyclic) bond motifs is 2. The summed E-state index contributed by atoms with van der Waals surface area (Å²) < 4.78 is 25.3. The molecule has 5 heteroatoms. The van der Waals surface area contributed by atoms with E-state index in [1.165, 1.54) is 0 Å². The van der Waals surface area contributed by atoms with Gasteiger partial charge in [0.25, 0.3) is 5.92 Å². The van der Waals surface area contributed by atoms with Crippen molar-refractivity contribution in [3.8, 4) is 0 Å². The molecule has 78 valence electrons. The highest BCUT2D eigenvalue weighted by Crippen LogP contribution is 2.49. The summed E-state index contributed by atoms with van der Waals surface area (Å²) in [6.07, 6.45) is 0.843. The number of alkyl halides is 2. The van der Waals surface area contributed by atoms with Crippen molar-refractivity contribution in [1.29, 1.82) is 0 Å². The summed E-state index contributed by atoms with van der Waals surface area (Å²) in [6, 6.07) is 0.704. The van der Waals surface area contributed by atoms with Gasteiger partial charge >= 0.3 is 0 Å². The van der Waals surface area contributed by atoms with E-state index >= 15 is 0 Å². The molecule has 0 spiro atoms. The molecular weight excluding hydrogens is 190 g/mol. The van der Waals surface area contributed by atoms with Gasteiger partial charge in [-0.25, -0.2) is 8.78 Å². The number of nitrogens with one attached hydrogen (secondary N) is 1. The lowest BCUT2D eigenvalue weighted by molar-refractivity contribution is -0.139. The Morgan fingerprint density at radius 2 is 1.86 bits per heavy atom. The highest BCUT2D eigenvalue weighted by molar-refractivity contribution is 5.83. The molecule has 4 aliphatic rings. The van der Waals surface area contributed by atoms with Crippen molar-refractivity contribution in [2.45, 2.75) is 30.8 Å². The van der Waals surface area contributed by atoms with Crippen LogP contribution in [-0.2, 0) is 4.79 Å². The summed E-state index contributed by atoms with van der Waals surface area (Å²) in [6.45, 7) is 1.23. The van der Waals surface area contributed by atoms with Crippen molar-refractivity contribution in [1.82, 2.24) is 10.2 Å². The fourth-order valence-corrected chi connectivity index (χ4v) is 2.39. The second-order valence-corrected chi connectivity index (χ2v) is 4.56. The van der Waals surface area contributed by atoms with Gasteiger partial charge < -0.3 is 10.2 Å². The summed E-state index contributed by atoms with van der Waals surface area (Å²) in [5.74, 6) is -4.07. The Bertz CT molecular complexity index is 279. The number of halogens is 2. The van der Waals surface area contributed by atoms with E-state index in [2.05, 4.69) is 5.32 Å². The molecule has 3 nitrogen and oxygen atoms in total. The summed E-state index contributed by atoms with van der Waals surface area (Å²) in [4.78, 5) is 13.2. The molecule has 1 saturated carbocycles. The molecule has 4 fully saturated rings. The topological polar surface area (TPSA) is 32.3 Å². The standard InChI is InChI=1S/C9H12F2N2O/c10-9(11)2-7(9)8(14)13-3-5-1-6(4-13)12-5/h5-7,12H,1-4H2. The molecule has 1 aliphatic carbocycles. The molecule has 2 bridgehead atoms. The third-order valence-electron chi connectivity index (χ3n) is 3.36. The maximum Gasteiger partial charge on any atom is 0.260 e. The predicted octanol–water partition coefficient (Wildman–Crippen LogP) is 0.214. The number of carbonyl (C=O) groups excluding carboxylic acids is 1. The van der Waals surface area contributed by atoms with Gasteiger partial charge in [-0.3, -0.25) is 4.79 Å². The number of piperidine rings is 1. The largest absolute Gasteiger partial charge is 0.339 e. The van der Waals surface area contributed by atoms with E-state index < -0.39 is 11.8 Å². The van der Waals surface area contributed by atoms with Crippen LogP contribution < -0.4 is 5.32 Å². The van der Waals surface area contributed by atoms with Crippen molar-refractivity contribution in [2.75, 3.05) is 13.1 Å². The number of rotatable bonds is 1. The van der Waals surface area contributed by atoms with Crippen LogP contribution in [-0.4, -0.2) is 41.9 Å². The van der Waals surface area contributed by atoms with Gasteiger partial charge in [-0.2, -0.15) is 0 Å². The summed E-state index contributed by atoms with van der Waals surface area (Å²) in [5.41, 5.74) is 0. The molecule has 3 unspecified atom stereocenters. The molecular formula is C9H12F2N2O. The Kier molecular flexibility index (Phi) is 1.50. The molecule has 0 radical (unpaired) electrons. The molecule has 0 aromatic carbocycles. The van der Waals surface area contributed by atoms with Crippen molar-refractivity contribution in [2.24, 2.45) is 5.92 Å². The van der Waals surface area contributed by atoms with Crippen molar-refractivity contribution in [3.05, 3.63) is 0 Å². The average molecular weight is 202 g/mol. The average Bonchev–Trinajstić information content (AvgIpc) is 2.73. The fourth-order valence-electron chi connectivity index (χ4n) is 2.39. The van der Waals surface area contributed by atoms with Crippen LogP contribution in [0.2, 0.25) is 0 Å². The molecule has 1 amide bonds. The van der Waals surface area contributed by atoms with Gasteiger partial charge in [0.2, 0.25) is 5.91 Å². The lowest BCUT2D eigenvalue weighted by atomic mass is 9.91. The predicted molar refractivity (Wildman–Crippen MR) is 45.0 cm³/mol. The van der Waals surface area contributed by atoms with Crippen molar-refractivity contribution >= 4 is 5.91 Å². The van der Waals surface area contributed by atoms with Gasteiger partial charge in [-0.05, 0) is 6.42 Å². The van der Waals surface area contributed by atoms with Crippen LogP contribution in [0, 0.1) is 5.92 Å². The zero-order valence-electron chi connectivity index (χ0n) is 7.67. The molecule has 14 heavy (non-hydrogen) atoms. The molecule has 3 saturated heterocycles. The smallest absolute Gasteiger partial charge is 0.260 e. The third kappa shape index (κ3) is 1.15. The number of carbonyl (C=O) groups is 1. The first-order valence-electron chi connectivity index (χ1n) is 4.99. The molecule has 4 rings (SSSR count). The van der Waals surface area contributed by atoms with Crippen LogP contribution in [0.25, 0.3) is 0 Å². The Morgan fingerprint density at radius 3 is 2.29 bits per heavy atom. The van der Waals surface area contributed by atoms with Crippen LogP contribution in [0.15, 0.2) is 0 Å². The van der Waals surface area contributed by atoms with E-state index in [1.807, 2.05) is 0 Å². The minimum atomic E-state index is -2.72. The van der Waals surface area contributed by atoms with E-state index in [9.17, 15) is 13.6 Å². The van der Waals surface area contributed by atoms with Crippen molar-refractivity contribution < 1.29 is 13.6 Å². The quantitative estimate of drug-likeness (QED) is 0.659. The second kappa shape index (κ2) is 2.45. The number of amides is 1. The Morgan fingerprint density at radius 1 is 1.36 bits per heavy atom. The van der Waals surface area contributed by atoms with Crippen molar-refractivity contribution in [3.63, 3.8) is 0 Å². The van der Waals surface area contributed by atoms with Crippen LogP contribution in [0.5, 0.6) is 0 Å². The van der Waals surface area contributed by atoms with Gasteiger partial charge in [0, 0.05) is 31.6 Å².